The number of aromatic nitrogens is 2. The van der Waals surface area contributed by atoms with Crippen LogP contribution in [0.2, 0.25) is 0 Å². The maximum atomic E-state index is 5.48. The summed E-state index contributed by atoms with van der Waals surface area (Å²) in [5, 5.41) is 4.78. The fourth-order valence-corrected chi connectivity index (χ4v) is 8.66. The van der Waals surface area contributed by atoms with Crippen LogP contribution in [0.1, 0.15) is 0 Å². The van der Waals surface area contributed by atoms with Crippen LogP contribution in [0.5, 0.6) is 0 Å². The first-order valence-electron chi connectivity index (χ1n) is 20.5. The maximum Gasteiger partial charge on any atom is 0.145 e. The van der Waals surface area contributed by atoms with Crippen molar-refractivity contribution < 1.29 is 0 Å². The third kappa shape index (κ3) is 6.30. The van der Waals surface area contributed by atoms with E-state index < -0.39 is 0 Å². The van der Waals surface area contributed by atoms with Crippen molar-refractivity contribution in [2.24, 2.45) is 0 Å². The Kier molecular flexibility index (Phi) is 8.83. The molecule has 0 saturated heterocycles. The molecule has 0 bridgehead atoms. The quantitative estimate of drug-likeness (QED) is 0.144. The van der Waals surface area contributed by atoms with Gasteiger partial charge in [-0.3, -0.25) is 4.57 Å². The summed E-state index contributed by atoms with van der Waals surface area (Å²) in [4.78, 5) is 7.81. The van der Waals surface area contributed by atoms with Crippen molar-refractivity contribution in [2.75, 3.05) is 4.90 Å². The Morgan fingerprint density at radius 2 is 0.617 bits per heavy atom. The van der Waals surface area contributed by atoms with Gasteiger partial charge in [-0.2, -0.15) is 0 Å². The molecule has 11 rings (SSSR count). The minimum absolute atomic E-state index is 0.908. The van der Waals surface area contributed by atoms with Gasteiger partial charge in [0.1, 0.15) is 5.82 Å². The second kappa shape index (κ2) is 15.1. The van der Waals surface area contributed by atoms with Crippen LogP contribution in [0.15, 0.2) is 237 Å². The van der Waals surface area contributed by atoms with Crippen LogP contribution in [0.4, 0.5) is 17.1 Å². The Morgan fingerprint density at radius 3 is 1.08 bits per heavy atom. The lowest BCUT2D eigenvalue weighted by molar-refractivity contribution is 1.11. The van der Waals surface area contributed by atoms with E-state index in [1.54, 1.807) is 0 Å². The highest BCUT2D eigenvalue weighted by molar-refractivity contribution is 6.24. The zero-order valence-corrected chi connectivity index (χ0v) is 32.9. The second-order valence-electron chi connectivity index (χ2n) is 15.2. The lowest BCUT2D eigenvalue weighted by Crippen LogP contribution is -2.10. The first kappa shape index (κ1) is 35.2. The van der Waals surface area contributed by atoms with E-state index in [4.69, 9.17) is 4.98 Å². The summed E-state index contributed by atoms with van der Waals surface area (Å²) >= 11 is 0. The summed E-state index contributed by atoms with van der Waals surface area (Å²) in [5.74, 6) is 0.908. The molecule has 0 saturated carbocycles. The number of fused-ring (bicyclic) bond motifs is 6. The van der Waals surface area contributed by atoms with E-state index in [2.05, 4.69) is 246 Å². The van der Waals surface area contributed by atoms with Crippen LogP contribution in [0, 0.1) is 0 Å². The van der Waals surface area contributed by atoms with Crippen molar-refractivity contribution in [3.63, 3.8) is 0 Å². The van der Waals surface area contributed by atoms with Gasteiger partial charge in [0.05, 0.1) is 11.0 Å². The SMILES string of the molecule is c1ccc(-c2ccc(-c3ccc(N(c4ccc(-c5ccccc5)cc4)c4ccc(-c5nc6c7ccccc7c7ccccc7c6n5-c5ccccc5)cc4)cc3)cc2)cc1. The number of rotatable bonds is 8. The standard InChI is InChI=1S/C57H39N3/c1-4-14-40(15-5-1)42-24-26-43(27-25-42)45-30-36-49(37-31-45)59(48-34-28-44(29-35-48)41-16-6-2-7-17-41)50-38-32-46(33-39-50)57-58-55-53-22-12-10-20-51(53)52-21-11-13-23-54(52)56(55)60(57)47-18-8-3-9-19-47/h1-39H. The average Bonchev–Trinajstić information content (AvgIpc) is 3.75. The van der Waals surface area contributed by atoms with Crippen molar-refractivity contribution >= 4 is 49.6 Å². The van der Waals surface area contributed by atoms with Gasteiger partial charge in [0.15, 0.2) is 0 Å². The third-order valence-corrected chi connectivity index (χ3v) is 11.6. The molecule has 0 N–H and O–H groups in total. The van der Waals surface area contributed by atoms with Crippen molar-refractivity contribution in [1.82, 2.24) is 9.55 Å². The van der Waals surface area contributed by atoms with E-state index in [1.165, 1.54) is 49.5 Å². The van der Waals surface area contributed by atoms with Crippen molar-refractivity contribution in [3.05, 3.63) is 237 Å². The third-order valence-electron chi connectivity index (χ3n) is 11.6. The van der Waals surface area contributed by atoms with Crippen molar-refractivity contribution in [2.45, 2.75) is 0 Å². The smallest absolute Gasteiger partial charge is 0.145 e. The molecule has 0 aliphatic carbocycles. The van der Waals surface area contributed by atoms with Crippen LogP contribution in [0.3, 0.4) is 0 Å². The van der Waals surface area contributed by atoms with E-state index in [1.807, 2.05) is 0 Å². The zero-order chi connectivity index (χ0) is 39.8. The Morgan fingerprint density at radius 1 is 0.283 bits per heavy atom. The number of nitrogens with zero attached hydrogens (tertiary/aromatic N) is 3. The summed E-state index contributed by atoms with van der Waals surface area (Å²) in [7, 11) is 0. The lowest BCUT2D eigenvalue weighted by Gasteiger charge is -2.26. The average molecular weight is 766 g/mol. The Balaban J connectivity index is 1.02. The molecule has 1 heterocycles. The van der Waals surface area contributed by atoms with Gasteiger partial charge in [0.2, 0.25) is 0 Å². The van der Waals surface area contributed by atoms with Crippen molar-refractivity contribution in [3.8, 4) is 50.5 Å². The first-order chi connectivity index (χ1) is 29.8. The topological polar surface area (TPSA) is 21.1 Å². The van der Waals surface area contributed by atoms with Gasteiger partial charge in [0, 0.05) is 39.1 Å². The molecule has 11 aromatic rings. The van der Waals surface area contributed by atoms with Gasteiger partial charge >= 0.3 is 0 Å². The van der Waals surface area contributed by atoms with E-state index in [0.717, 1.165) is 50.6 Å². The fraction of sp³-hybridized carbons (Fsp3) is 0. The number of imidazole rings is 1. The van der Waals surface area contributed by atoms with Crippen LogP contribution in [-0.4, -0.2) is 9.55 Å². The molecule has 3 nitrogen and oxygen atoms in total. The molecule has 0 atom stereocenters. The van der Waals surface area contributed by atoms with E-state index in [9.17, 15) is 0 Å². The molecule has 0 amide bonds. The molecular weight excluding hydrogens is 727 g/mol. The van der Waals surface area contributed by atoms with Crippen molar-refractivity contribution in [1.29, 1.82) is 0 Å². The molecule has 1 aromatic heterocycles. The van der Waals surface area contributed by atoms with Crippen LogP contribution in [0.25, 0.3) is 83.0 Å². The highest BCUT2D eigenvalue weighted by Crippen LogP contribution is 2.41. The number of hydrogen-bond acceptors (Lipinski definition) is 2. The van der Waals surface area contributed by atoms with Crippen LogP contribution in [-0.2, 0) is 0 Å². The monoisotopic (exact) mass is 765 g/mol. The lowest BCUT2D eigenvalue weighted by atomic mass is 10.00. The van der Waals surface area contributed by atoms with Gasteiger partial charge in [-0.1, -0.05) is 176 Å². The molecule has 0 unspecified atom stereocenters. The van der Waals surface area contributed by atoms with E-state index in [-0.39, 0.29) is 0 Å². The molecule has 60 heavy (non-hydrogen) atoms. The summed E-state index contributed by atoms with van der Waals surface area (Å²) in [5.41, 5.74) is 14.6. The van der Waals surface area contributed by atoms with Crippen LogP contribution < -0.4 is 4.90 Å². The normalized spacial score (nSPS) is 11.3. The van der Waals surface area contributed by atoms with Gasteiger partial charge in [-0.05, 0) is 105 Å². The molecule has 282 valence electrons. The van der Waals surface area contributed by atoms with E-state index in [0.29, 0.717) is 0 Å². The fourth-order valence-electron chi connectivity index (χ4n) is 8.66. The second-order valence-corrected chi connectivity index (χ2v) is 15.2. The van der Waals surface area contributed by atoms with Gasteiger partial charge < -0.3 is 4.90 Å². The molecular formula is C57H39N3. The highest BCUT2D eigenvalue weighted by Gasteiger charge is 2.21. The van der Waals surface area contributed by atoms with Crippen LogP contribution >= 0.6 is 0 Å². The predicted octanol–water partition coefficient (Wildman–Crippen LogP) is 15.5. The molecule has 0 aliphatic rings. The Hall–Kier alpha value is -8.01. The van der Waals surface area contributed by atoms with E-state index >= 15 is 0 Å². The Labute approximate surface area is 349 Å². The minimum Gasteiger partial charge on any atom is -0.311 e. The van der Waals surface area contributed by atoms with Gasteiger partial charge in [-0.15, -0.1) is 0 Å². The first-order valence-corrected chi connectivity index (χ1v) is 20.5. The highest BCUT2D eigenvalue weighted by atomic mass is 15.1. The minimum atomic E-state index is 0.908. The molecule has 0 aliphatic heterocycles. The Bertz CT molecular complexity index is 3240. The summed E-state index contributed by atoms with van der Waals surface area (Å²) < 4.78 is 2.34. The number of benzene rings is 10. The van der Waals surface area contributed by atoms with Gasteiger partial charge in [-0.25, -0.2) is 4.98 Å². The zero-order valence-electron chi connectivity index (χ0n) is 32.9. The maximum absolute atomic E-state index is 5.48. The molecule has 3 heteroatoms. The molecule has 0 radical (unpaired) electrons. The number of hydrogen-bond donors (Lipinski definition) is 0. The summed E-state index contributed by atoms with van der Waals surface area (Å²) in [6.07, 6.45) is 0. The summed E-state index contributed by atoms with van der Waals surface area (Å²) in [6, 6.07) is 84.5. The number of anilines is 3. The molecule has 10 aromatic carbocycles. The number of para-hydroxylation sites is 1. The molecule has 0 spiro atoms. The van der Waals surface area contributed by atoms with Gasteiger partial charge in [0.25, 0.3) is 0 Å². The largest absolute Gasteiger partial charge is 0.311 e. The molecule has 0 fully saturated rings. The predicted molar refractivity (Wildman–Crippen MR) is 253 cm³/mol. The summed E-state index contributed by atoms with van der Waals surface area (Å²) in [6.45, 7) is 0.